The van der Waals surface area contributed by atoms with Crippen molar-refractivity contribution in [1.29, 1.82) is 0 Å². The average Bonchev–Trinajstić information content (AvgIpc) is 2.92. The molecule has 7 heteroatoms. The van der Waals surface area contributed by atoms with Gasteiger partial charge in [-0.05, 0) is 47.0 Å². The summed E-state index contributed by atoms with van der Waals surface area (Å²) in [6.07, 6.45) is 6.01. The number of rotatable bonds is 8. The topological polar surface area (TPSA) is 57.5 Å². The van der Waals surface area contributed by atoms with E-state index in [9.17, 15) is 0 Å². The molecular formula is C18H27BrN6. The van der Waals surface area contributed by atoms with E-state index in [0.717, 1.165) is 48.7 Å². The fourth-order valence-electron chi connectivity index (χ4n) is 2.56. The Hall–Kier alpha value is -2.02. The molecule has 2 aromatic rings. The number of hydrogen-bond donors (Lipinski definition) is 2. The van der Waals surface area contributed by atoms with E-state index in [1.165, 1.54) is 5.69 Å². The van der Waals surface area contributed by atoms with Crippen LogP contribution >= 0.6 is 15.9 Å². The van der Waals surface area contributed by atoms with Crippen molar-refractivity contribution >= 4 is 27.7 Å². The lowest BCUT2D eigenvalue weighted by atomic mass is 10.3. The Labute approximate surface area is 158 Å². The fraction of sp³-hybridized carbons (Fsp3) is 0.444. The molecule has 2 aromatic heterocycles. The van der Waals surface area contributed by atoms with Gasteiger partial charge >= 0.3 is 0 Å². The average molecular weight is 407 g/mol. The third kappa shape index (κ3) is 6.42. The number of aliphatic imine (C=N–C) groups is 1. The standard InChI is InChI=1S/C18H27BrN6/c1-20-18(25(3)14-16-12-15(19)13-24(16)2)23-11-7-6-10-22-17-8-4-5-9-21-17/h4-5,8-9,12-13H,6-7,10-11,14H2,1-3H3,(H,20,23)(H,21,22). The van der Waals surface area contributed by atoms with Crippen LogP contribution in [0.3, 0.4) is 0 Å². The second-order valence-corrected chi connectivity index (χ2v) is 6.86. The van der Waals surface area contributed by atoms with Gasteiger partial charge in [0.15, 0.2) is 5.96 Å². The number of aryl methyl sites for hydroxylation is 1. The van der Waals surface area contributed by atoms with E-state index in [4.69, 9.17) is 0 Å². The number of anilines is 1. The lowest BCUT2D eigenvalue weighted by Crippen LogP contribution is -2.39. The molecule has 0 atom stereocenters. The number of halogens is 1. The van der Waals surface area contributed by atoms with Gasteiger partial charge in [-0.3, -0.25) is 4.99 Å². The molecule has 0 fully saturated rings. The SMILES string of the molecule is CN=C(NCCCCNc1ccccn1)N(C)Cc1cc(Br)cn1C. The van der Waals surface area contributed by atoms with Gasteiger partial charge in [0.2, 0.25) is 0 Å². The van der Waals surface area contributed by atoms with Gasteiger partial charge in [-0.1, -0.05) is 6.07 Å². The van der Waals surface area contributed by atoms with Gasteiger partial charge in [0, 0.05) is 56.8 Å². The Bertz CT molecular complexity index is 667. The summed E-state index contributed by atoms with van der Waals surface area (Å²) in [6, 6.07) is 8.03. The molecule has 136 valence electrons. The van der Waals surface area contributed by atoms with Crippen molar-refractivity contribution in [1.82, 2.24) is 19.8 Å². The first-order valence-corrected chi connectivity index (χ1v) is 9.27. The molecule has 0 spiro atoms. The van der Waals surface area contributed by atoms with Crippen LogP contribution in [0, 0.1) is 0 Å². The molecule has 0 aromatic carbocycles. The van der Waals surface area contributed by atoms with E-state index in [-0.39, 0.29) is 0 Å². The maximum atomic E-state index is 4.37. The van der Waals surface area contributed by atoms with Crippen LogP contribution in [0.1, 0.15) is 18.5 Å². The third-order valence-electron chi connectivity index (χ3n) is 3.90. The number of nitrogens with zero attached hydrogens (tertiary/aromatic N) is 4. The lowest BCUT2D eigenvalue weighted by molar-refractivity contribution is 0.460. The third-order valence-corrected chi connectivity index (χ3v) is 4.34. The zero-order chi connectivity index (χ0) is 18.1. The Morgan fingerprint density at radius 2 is 2.12 bits per heavy atom. The molecule has 0 aliphatic rings. The van der Waals surface area contributed by atoms with Crippen molar-refractivity contribution in [3.8, 4) is 0 Å². The first-order chi connectivity index (χ1) is 12.1. The van der Waals surface area contributed by atoms with Crippen LogP contribution in [0.2, 0.25) is 0 Å². The minimum atomic E-state index is 0.809. The molecule has 0 aliphatic carbocycles. The van der Waals surface area contributed by atoms with E-state index in [1.807, 2.05) is 25.2 Å². The van der Waals surface area contributed by atoms with E-state index in [0.29, 0.717) is 0 Å². The molecule has 0 saturated heterocycles. The number of nitrogens with one attached hydrogen (secondary N) is 2. The van der Waals surface area contributed by atoms with Crippen LogP contribution in [-0.4, -0.2) is 47.6 Å². The zero-order valence-corrected chi connectivity index (χ0v) is 16.8. The molecule has 25 heavy (non-hydrogen) atoms. The summed E-state index contributed by atoms with van der Waals surface area (Å²) in [5.74, 6) is 1.84. The molecule has 0 amide bonds. The highest BCUT2D eigenvalue weighted by molar-refractivity contribution is 9.10. The van der Waals surface area contributed by atoms with Gasteiger partial charge in [-0.15, -0.1) is 0 Å². The maximum Gasteiger partial charge on any atom is 0.193 e. The van der Waals surface area contributed by atoms with Crippen LogP contribution in [0.15, 0.2) is 46.1 Å². The first-order valence-electron chi connectivity index (χ1n) is 8.47. The summed E-state index contributed by atoms with van der Waals surface area (Å²) in [5.41, 5.74) is 1.23. The maximum absolute atomic E-state index is 4.37. The number of aromatic nitrogens is 2. The van der Waals surface area contributed by atoms with Gasteiger partial charge in [0.25, 0.3) is 0 Å². The molecule has 0 radical (unpaired) electrons. The van der Waals surface area contributed by atoms with Crippen molar-refractivity contribution in [2.45, 2.75) is 19.4 Å². The smallest absolute Gasteiger partial charge is 0.193 e. The fourth-order valence-corrected chi connectivity index (χ4v) is 3.13. The number of hydrogen-bond acceptors (Lipinski definition) is 3. The first kappa shape index (κ1) is 19.3. The molecule has 2 rings (SSSR count). The van der Waals surface area contributed by atoms with Crippen LogP contribution in [-0.2, 0) is 13.6 Å². The highest BCUT2D eigenvalue weighted by atomic mass is 79.9. The number of guanidine groups is 1. The van der Waals surface area contributed by atoms with Gasteiger partial charge in [0.1, 0.15) is 5.82 Å². The molecule has 2 heterocycles. The van der Waals surface area contributed by atoms with Gasteiger partial charge < -0.3 is 20.1 Å². The van der Waals surface area contributed by atoms with Crippen LogP contribution in [0.25, 0.3) is 0 Å². The highest BCUT2D eigenvalue weighted by Crippen LogP contribution is 2.14. The van der Waals surface area contributed by atoms with E-state index in [1.54, 1.807) is 6.20 Å². The Morgan fingerprint density at radius 3 is 2.76 bits per heavy atom. The van der Waals surface area contributed by atoms with E-state index >= 15 is 0 Å². The summed E-state index contributed by atoms with van der Waals surface area (Å²) in [4.78, 5) is 10.8. The summed E-state index contributed by atoms with van der Waals surface area (Å²) in [7, 11) is 5.93. The molecule has 2 N–H and O–H groups in total. The predicted octanol–water partition coefficient (Wildman–Crippen LogP) is 3.08. The normalized spacial score (nSPS) is 11.4. The monoisotopic (exact) mass is 406 g/mol. The predicted molar refractivity (Wildman–Crippen MR) is 108 cm³/mol. The molecular weight excluding hydrogens is 380 g/mol. The second-order valence-electron chi connectivity index (χ2n) is 5.94. The minimum absolute atomic E-state index is 0.809. The largest absolute Gasteiger partial charge is 0.370 e. The molecule has 6 nitrogen and oxygen atoms in total. The Balaban J connectivity index is 1.66. The van der Waals surface area contributed by atoms with Crippen LogP contribution in [0.5, 0.6) is 0 Å². The molecule has 0 bridgehead atoms. The molecule has 0 unspecified atom stereocenters. The van der Waals surface area contributed by atoms with Gasteiger partial charge in [-0.2, -0.15) is 0 Å². The summed E-state index contributed by atoms with van der Waals surface area (Å²) in [6.45, 7) is 2.63. The highest BCUT2D eigenvalue weighted by Gasteiger charge is 2.09. The second kappa shape index (κ2) is 10.1. The van der Waals surface area contributed by atoms with Crippen molar-refractivity contribution < 1.29 is 0 Å². The van der Waals surface area contributed by atoms with Gasteiger partial charge in [0.05, 0.1) is 6.54 Å². The number of unbranched alkanes of at least 4 members (excludes halogenated alkanes) is 1. The zero-order valence-electron chi connectivity index (χ0n) is 15.2. The summed E-state index contributed by atoms with van der Waals surface area (Å²) < 4.78 is 3.22. The van der Waals surface area contributed by atoms with Crippen LogP contribution in [0.4, 0.5) is 5.82 Å². The van der Waals surface area contributed by atoms with E-state index in [2.05, 4.69) is 72.4 Å². The number of pyridine rings is 1. The Kier molecular flexibility index (Phi) is 7.78. The van der Waals surface area contributed by atoms with Crippen LogP contribution < -0.4 is 10.6 Å². The van der Waals surface area contributed by atoms with Crippen molar-refractivity contribution in [2.24, 2.45) is 12.0 Å². The van der Waals surface area contributed by atoms with E-state index < -0.39 is 0 Å². The van der Waals surface area contributed by atoms with Crippen molar-refractivity contribution in [2.75, 3.05) is 32.5 Å². The molecule has 0 saturated carbocycles. The quantitative estimate of drug-likeness (QED) is 0.401. The lowest BCUT2D eigenvalue weighted by Gasteiger charge is -2.22. The van der Waals surface area contributed by atoms with Gasteiger partial charge in [-0.25, -0.2) is 4.98 Å². The Morgan fingerprint density at radius 1 is 1.32 bits per heavy atom. The minimum Gasteiger partial charge on any atom is -0.370 e. The van der Waals surface area contributed by atoms with Crippen molar-refractivity contribution in [3.05, 3.63) is 46.8 Å². The van der Waals surface area contributed by atoms with Crippen molar-refractivity contribution in [3.63, 3.8) is 0 Å². The summed E-state index contributed by atoms with van der Waals surface area (Å²) >= 11 is 3.51. The summed E-state index contributed by atoms with van der Waals surface area (Å²) in [5, 5.41) is 6.75. The molecule has 0 aliphatic heterocycles.